The van der Waals surface area contributed by atoms with Gasteiger partial charge in [0.2, 0.25) is 0 Å². The Kier molecular flexibility index (Phi) is 6.07. The molecule has 2 aliphatic heterocycles. The minimum Gasteiger partial charge on any atom is -0.497 e. The maximum atomic E-state index is 12.2. The minimum atomic E-state index is -0.226. The summed E-state index contributed by atoms with van der Waals surface area (Å²) in [5.41, 5.74) is 1.000. The van der Waals surface area contributed by atoms with Gasteiger partial charge in [-0.1, -0.05) is 19.9 Å². The summed E-state index contributed by atoms with van der Waals surface area (Å²) < 4.78 is 11.0. The highest BCUT2D eigenvalue weighted by molar-refractivity contribution is 5.78. The standard InChI is InChI=1S/C21H32N2O3/c1-4-21(5-2)16-19(26-20(21)24)9-10-22-11-13-23(14-12-22)17-7-6-8-18(15-17)25-3/h6-8,15,19H,4-5,9-14,16H2,1-3H3. The molecule has 26 heavy (non-hydrogen) atoms. The third kappa shape index (κ3) is 3.98. The zero-order valence-corrected chi connectivity index (χ0v) is 16.4. The zero-order chi connectivity index (χ0) is 18.6. The highest BCUT2D eigenvalue weighted by Gasteiger charge is 2.46. The summed E-state index contributed by atoms with van der Waals surface area (Å²) in [7, 11) is 1.71. The van der Waals surface area contributed by atoms with Gasteiger partial charge in [0.15, 0.2) is 0 Å². The first kappa shape index (κ1) is 19.0. The number of methoxy groups -OCH3 is 1. The van der Waals surface area contributed by atoms with E-state index in [9.17, 15) is 4.79 Å². The Bertz CT molecular complexity index is 607. The molecule has 1 unspecified atom stereocenters. The molecule has 0 amide bonds. The van der Waals surface area contributed by atoms with Crippen molar-refractivity contribution >= 4 is 11.7 Å². The molecule has 1 aromatic carbocycles. The minimum absolute atomic E-state index is 0.0235. The molecule has 0 saturated carbocycles. The van der Waals surface area contributed by atoms with Crippen molar-refractivity contribution in [2.45, 2.75) is 45.6 Å². The SMILES string of the molecule is CCC1(CC)CC(CCN2CCN(c3cccc(OC)c3)CC2)OC1=O. The van der Waals surface area contributed by atoms with E-state index in [1.165, 1.54) is 5.69 Å². The fourth-order valence-electron chi connectivity index (χ4n) is 4.19. The summed E-state index contributed by atoms with van der Waals surface area (Å²) in [5.74, 6) is 0.929. The summed E-state index contributed by atoms with van der Waals surface area (Å²) in [6.45, 7) is 9.34. The lowest BCUT2D eigenvalue weighted by atomic mass is 9.79. The second kappa shape index (κ2) is 8.30. The van der Waals surface area contributed by atoms with Crippen LogP contribution in [0.1, 0.15) is 39.5 Å². The van der Waals surface area contributed by atoms with Crippen LogP contribution in [0.3, 0.4) is 0 Å². The number of ether oxygens (including phenoxy) is 2. The molecule has 1 aromatic rings. The molecule has 2 saturated heterocycles. The summed E-state index contributed by atoms with van der Waals surface area (Å²) in [4.78, 5) is 17.1. The number of hydrogen-bond donors (Lipinski definition) is 0. The summed E-state index contributed by atoms with van der Waals surface area (Å²) >= 11 is 0. The number of carbonyl (C=O) groups excluding carboxylic acids is 1. The molecule has 1 atom stereocenters. The van der Waals surface area contributed by atoms with Crippen LogP contribution in [0, 0.1) is 5.41 Å². The van der Waals surface area contributed by atoms with Gasteiger partial charge in [-0.05, 0) is 31.4 Å². The van der Waals surface area contributed by atoms with Crippen molar-refractivity contribution in [1.29, 1.82) is 0 Å². The van der Waals surface area contributed by atoms with Gasteiger partial charge in [-0.15, -0.1) is 0 Å². The molecule has 144 valence electrons. The number of hydrogen-bond acceptors (Lipinski definition) is 5. The Balaban J connectivity index is 1.45. The topological polar surface area (TPSA) is 42.0 Å². The normalized spacial score (nSPS) is 23.1. The van der Waals surface area contributed by atoms with E-state index >= 15 is 0 Å². The predicted molar refractivity (Wildman–Crippen MR) is 104 cm³/mol. The lowest BCUT2D eigenvalue weighted by Crippen LogP contribution is -2.47. The molecule has 0 N–H and O–H groups in total. The largest absolute Gasteiger partial charge is 0.497 e. The molecule has 2 fully saturated rings. The first-order valence-electron chi connectivity index (χ1n) is 9.92. The van der Waals surface area contributed by atoms with Crippen LogP contribution >= 0.6 is 0 Å². The molecule has 2 aliphatic rings. The average molecular weight is 360 g/mol. The van der Waals surface area contributed by atoms with E-state index in [2.05, 4.69) is 35.8 Å². The van der Waals surface area contributed by atoms with Crippen molar-refractivity contribution in [3.8, 4) is 5.75 Å². The van der Waals surface area contributed by atoms with E-state index in [4.69, 9.17) is 9.47 Å². The number of esters is 1. The van der Waals surface area contributed by atoms with Crippen molar-refractivity contribution in [1.82, 2.24) is 4.90 Å². The Hall–Kier alpha value is -1.75. The maximum absolute atomic E-state index is 12.2. The second-order valence-electron chi connectivity index (χ2n) is 7.54. The first-order chi connectivity index (χ1) is 12.6. The van der Waals surface area contributed by atoms with Gasteiger partial charge >= 0.3 is 5.97 Å². The highest BCUT2D eigenvalue weighted by atomic mass is 16.6. The van der Waals surface area contributed by atoms with E-state index in [1.807, 2.05) is 12.1 Å². The Morgan fingerprint density at radius 2 is 1.92 bits per heavy atom. The average Bonchev–Trinajstić information content (AvgIpc) is 3.03. The van der Waals surface area contributed by atoms with E-state index in [-0.39, 0.29) is 17.5 Å². The van der Waals surface area contributed by atoms with Crippen molar-refractivity contribution in [3.63, 3.8) is 0 Å². The second-order valence-corrected chi connectivity index (χ2v) is 7.54. The van der Waals surface area contributed by atoms with Crippen LogP contribution in [-0.2, 0) is 9.53 Å². The van der Waals surface area contributed by atoms with Gasteiger partial charge in [-0.2, -0.15) is 0 Å². The predicted octanol–water partition coefficient (Wildman–Crippen LogP) is 3.33. The fraction of sp³-hybridized carbons (Fsp3) is 0.667. The van der Waals surface area contributed by atoms with Gasteiger partial charge in [0.1, 0.15) is 11.9 Å². The van der Waals surface area contributed by atoms with Gasteiger partial charge in [0.25, 0.3) is 0 Å². The van der Waals surface area contributed by atoms with Crippen LogP contribution < -0.4 is 9.64 Å². The van der Waals surface area contributed by atoms with Crippen molar-refractivity contribution in [2.75, 3.05) is 44.7 Å². The Morgan fingerprint density at radius 1 is 1.19 bits per heavy atom. The Morgan fingerprint density at radius 3 is 2.54 bits per heavy atom. The lowest BCUT2D eigenvalue weighted by molar-refractivity contribution is -0.149. The molecular weight excluding hydrogens is 328 g/mol. The monoisotopic (exact) mass is 360 g/mol. The van der Waals surface area contributed by atoms with Gasteiger partial charge in [0.05, 0.1) is 12.5 Å². The number of cyclic esters (lactones) is 1. The summed E-state index contributed by atoms with van der Waals surface area (Å²) in [6, 6.07) is 8.27. The fourth-order valence-corrected chi connectivity index (χ4v) is 4.19. The van der Waals surface area contributed by atoms with Crippen molar-refractivity contribution < 1.29 is 14.3 Å². The molecule has 0 radical (unpaired) electrons. The number of nitrogens with zero attached hydrogens (tertiary/aromatic N) is 2. The van der Waals surface area contributed by atoms with Gasteiger partial charge in [0, 0.05) is 50.9 Å². The van der Waals surface area contributed by atoms with Crippen LogP contribution in [0.15, 0.2) is 24.3 Å². The van der Waals surface area contributed by atoms with E-state index < -0.39 is 0 Å². The van der Waals surface area contributed by atoms with Gasteiger partial charge in [-0.25, -0.2) is 0 Å². The number of benzene rings is 1. The molecule has 5 nitrogen and oxygen atoms in total. The number of piperazine rings is 1. The number of anilines is 1. The van der Waals surface area contributed by atoms with Crippen molar-refractivity contribution in [2.24, 2.45) is 5.41 Å². The third-order valence-corrected chi connectivity index (χ3v) is 6.24. The first-order valence-corrected chi connectivity index (χ1v) is 9.92. The lowest BCUT2D eigenvalue weighted by Gasteiger charge is -2.36. The van der Waals surface area contributed by atoms with E-state index in [1.54, 1.807) is 7.11 Å². The molecule has 0 aromatic heterocycles. The number of carbonyl (C=O) groups is 1. The zero-order valence-electron chi connectivity index (χ0n) is 16.4. The molecule has 5 heteroatoms. The highest BCUT2D eigenvalue weighted by Crippen LogP contribution is 2.41. The van der Waals surface area contributed by atoms with Crippen LogP contribution in [0.5, 0.6) is 5.75 Å². The summed E-state index contributed by atoms with van der Waals surface area (Å²) in [5, 5.41) is 0. The summed E-state index contributed by atoms with van der Waals surface area (Å²) in [6.07, 6.45) is 3.71. The van der Waals surface area contributed by atoms with Crippen LogP contribution in [0.2, 0.25) is 0 Å². The van der Waals surface area contributed by atoms with Crippen LogP contribution in [0.25, 0.3) is 0 Å². The molecule has 2 heterocycles. The van der Waals surface area contributed by atoms with Gasteiger partial charge < -0.3 is 14.4 Å². The maximum Gasteiger partial charge on any atom is 0.312 e. The Labute approximate surface area is 157 Å². The number of rotatable bonds is 7. The quantitative estimate of drug-likeness (QED) is 0.698. The van der Waals surface area contributed by atoms with Crippen LogP contribution in [0.4, 0.5) is 5.69 Å². The van der Waals surface area contributed by atoms with Crippen LogP contribution in [-0.4, -0.2) is 56.8 Å². The molecule has 3 rings (SSSR count). The molecule has 0 bridgehead atoms. The molecule has 0 aliphatic carbocycles. The van der Waals surface area contributed by atoms with Gasteiger partial charge in [-0.3, -0.25) is 9.69 Å². The van der Waals surface area contributed by atoms with E-state index in [0.29, 0.717) is 0 Å². The molecule has 0 spiro atoms. The van der Waals surface area contributed by atoms with Crippen molar-refractivity contribution in [3.05, 3.63) is 24.3 Å². The molecular formula is C21H32N2O3. The smallest absolute Gasteiger partial charge is 0.312 e. The van der Waals surface area contributed by atoms with E-state index in [0.717, 1.165) is 64.2 Å². The third-order valence-electron chi connectivity index (χ3n) is 6.24.